The first-order valence-electron chi connectivity index (χ1n) is 6.93. The molecule has 0 atom stereocenters. The molecule has 19 heavy (non-hydrogen) atoms. The Morgan fingerprint density at radius 1 is 1.32 bits per heavy atom. The number of rotatable bonds is 3. The Labute approximate surface area is 115 Å². The van der Waals surface area contributed by atoms with Crippen molar-refractivity contribution in [3.05, 3.63) is 47.2 Å². The van der Waals surface area contributed by atoms with E-state index in [0.29, 0.717) is 6.54 Å². The molecule has 1 amide bonds. The number of aryl methyl sites for hydroxylation is 1. The Bertz CT molecular complexity index is 438. The normalized spacial score (nSPS) is 13.5. The predicted molar refractivity (Wildman–Crippen MR) is 78.1 cm³/mol. The number of benzene rings is 1. The van der Waals surface area contributed by atoms with Crippen LogP contribution in [0.3, 0.4) is 0 Å². The van der Waals surface area contributed by atoms with Crippen molar-refractivity contribution < 1.29 is 9.53 Å². The molecule has 1 aliphatic rings. The zero-order chi connectivity index (χ0) is 14.1. The van der Waals surface area contributed by atoms with Gasteiger partial charge in [0.15, 0.2) is 0 Å². The Morgan fingerprint density at radius 2 is 2.05 bits per heavy atom. The van der Waals surface area contributed by atoms with Crippen molar-refractivity contribution in [2.24, 2.45) is 0 Å². The van der Waals surface area contributed by atoms with Gasteiger partial charge in [-0.15, -0.1) is 0 Å². The third-order valence-electron chi connectivity index (χ3n) is 2.82. The summed E-state index contributed by atoms with van der Waals surface area (Å²) in [4.78, 5) is 11.9. The summed E-state index contributed by atoms with van der Waals surface area (Å²) in [6.45, 7) is 7.17. The summed E-state index contributed by atoms with van der Waals surface area (Å²) in [5.74, 6) is 0.830. The summed E-state index contributed by atoms with van der Waals surface area (Å²) in [6, 6.07) is 7.57. The maximum Gasteiger partial charge on any atom is 0.251 e. The second-order valence-electron chi connectivity index (χ2n) is 4.16. The van der Waals surface area contributed by atoms with Crippen LogP contribution in [0.4, 0.5) is 0 Å². The van der Waals surface area contributed by atoms with Gasteiger partial charge in [-0.25, -0.2) is 0 Å². The molecule has 0 bridgehead atoms. The minimum atomic E-state index is -0.0434. The summed E-state index contributed by atoms with van der Waals surface area (Å²) in [7, 11) is 0. The predicted octanol–water partition coefficient (Wildman–Crippen LogP) is 3.45. The molecular formula is C16H23NO2. The number of ether oxygens (including phenoxy) is 1. The van der Waals surface area contributed by atoms with Crippen molar-refractivity contribution >= 4 is 5.91 Å². The zero-order valence-corrected chi connectivity index (χ0v) is 12.0. The van der Waals surface area contributed by atoms with Crippen molar-refractivity contribution in [1.82, 2.24) is 5.32 Å². The van der Waals surface area contributed by atoms with E-state index < -0.39 is 0 Å². The van der Waals surface area contributed by atoms with E-state index >= 15 is 0 Å². The van der Waals surface area contributed by atoms with Crippen LogP contribution in [0.15, 0.2) is 36.1 Å². The van der Waals surface area contributed by atoms with Crippen LogP contribution >= 0.6 is 0 Å². The summed E-state index contributed by atoms with van der Waals surface area (Å²) < 4.78 is 5.44. The summed E-state index contributed by atoms with van der Waals surface area (Å²) in [5, 5.41) is 2.88. The fourth-order valence-electron chi connectivity index (χ4n) is 1.82. The highest BCUT2D eigenvalue weighted by Gasteiger charge is 2.10. The molecule has 0 fully saturated rings. The maximum absolute atomic E-state index is 11.9. The third-order valence-corrected chi connectivity index (χ3v) is 2.82. The van der Waals surface area contributed by atoms with Gasteiger partial charge in [0.25, 0.3) is 5.91 Å². The number of carbonyl (C=O) groups excluding carboxylic acids is 1. The molecule has 1 heterocycles. The molecular weight excluding hydrogens is 238 g/mol. The van der Waals surface area contributed by atoms with E-state index in [4.69, 9.17) is 4.74 Å². The number of nitrogens with one attached hydrogen (secondary N) is 1. The molecule has 3 heteroatoms. The topological polar surface area (TPSA) is 38.3 Å². The molecule has 0 spiro atoms. The van der Waals surface area contributed by atoms with Crippen LogP contribution in [-0.4, -0.2) is 19.1 Å². The summed E-state index contributed by atoms with van der Waals surface area (Å²) in [5.41, 5.74) is 1.72. The number of amides is 1. The first kappa shape index (κ1) is 15.3. The fourth-order valence-corrected chi connectivity index (χ4v) is 1.82. The van der Waals surface area contributed by atoms with E-state index in [9.17, 15) is 4.79 Å². The SMILES string of the molecule is CC.Cc1ccccc1C(=O)NCC1=CCCCO1. The quantitative estimate of drug-likeness (QED) is 0.905. The molecule has 3 nitrogen and oxygen atoms in total. The van der Waals surface area contributed by atoms with Crippen molar-refractivity contribution in [3.63, 3.8) is 0 Å². The molecule has 1 aliphatic heterocycles. The average Bonchev–Trinajstić information content (AvgIpc) is 2.48. The van der Waals surface area contributed by atoms with Gasteiger partial charge in [-0.1, -0.05) is 32.0 Å². The van der Waals surface area contributed by atoms with Crippen molar-refractivity contribution in [2.45, 2.75) is 33.6 Å². The van der Waals surface area contributed by atoms with Gasteiger partial charge in [-0.2, -0.15) is 0 Å². The van der Waals surface area contributed by atoms with E-state index in [-0.39, 0.29) is 5.91 Å². The minimum Gasteiger partial charge on any atom is -0.496 e. The van der Waals surface area contributed by atoms with Gasteiger partial charge in [0.05, 0.1) is 13.2 Å². The van der Waals surface area contributed by atoms with Gasteiger partial charge >= 0.3 is 0 Å². The van der Waals surface area contributed by atoms with Crippen molar-refractivity contribution in [2.75, 3.05) is 13.2 Å². The number of allylic oxidation sites excluding steroid dienone is 1. The molecule has 0 aliphatic carbocycles. The average molecular weight is 261 g/mol. The van der Waals surface area contributed by atoms with Gasteiger partial charge in [-0.05, 0) is 37.5 Å². The molecule has 1 aromatic carbocycles. The Kier molecular flexibility index (Phi) is 6.72. The first-order valence-corrected chi connectivity index (χ1v) is 6.93. The van der Waals surface area contributed by atoms with Crippen molar-refractivity contribution in [3.8, 4) is 0 Å². The molecule has 0 unspecified atom stereocenters. The van der Waals surface area contributed by atoms with E-state index in [2.05, 4.69) is 5.32 Å². The van der Waals surface area contributed by atoms with Crippen LogP contribution in [0.2, 0.25) is 0 Å². The van der Waals surface area contributed by atoms with Crippen LogP contribution in [0, 0.1) is 6.92 Å². The monoisotopic (exact) mass is 261 g/mol. The van der Waals surface area contributed by atoms with Gasteiger partial charge in [0.1, 0.15) is 5.76 Å². The number of hydrogen-bond acceptors (Lipinski definition) is 2. The van der Waals surface area contributed by atoms with Crippen LogP contribution in [0.5, 0.6) is 0 Å². The lowest BCUT2D eigenvalue weighted by atomic mass is 10.1. The highest BCUT2D eigenvalue weighted by molar-refractivity contribution is 5.95. The fraction of sp³-hybridized carbons (Fsp3) is 0.438. The van der Waals surface area contributed by atoms with Gasteiger partial charge in [0, 0.05) is 5.56 Å². The van der Waals surface area contributed by atoms with Crippen LogP contribution in [0.25, 0.3) is 0 Å². The van der Waals surface area contributed by atoms with Crippen molar-refractivity contribution in [1.29, 1.82) is 0 Å². The molecule has 0 saturated heterocycles. The standard InChI is InChI=1S/C14H17NO2.C2H6/c1-11-6-2-3-8-13(11)14(16)15-10-12-7-4-5-9-17-12;1-2/h2-3,6-8H,4-5,9-10H2,1H3,(H,15,16);1-2H3. The highest BCUT2D eigenvalue weighted by Crippen LogP contribution is 2.10. The lowest BCUT2D eigenvalue weighted by Gasteiger charge is -2.15. The lowest BCUT2D eigenvalue weighted by molar-refractivity contribution is 0.0943. The second-order valence-corrected chi connectivity index (χ2v) is 4.16. The molecule has 0 saturated carbocycles. The highest BCUT2D eigenvalue weighted by atomic mass is 16.5. The number of hydrogen-bond donors (Lipinski definition) is 1. The Balaban J connectivity index is 0.000000861. The maximum atomic E-state index is 11.9. The van der Waals surface area contributed by atoms with Crippen LogP contribution < -0.4 is 5.32 Å². The largest absolute Gasteiger partial charge is 0.496 e. The first-order chi connectivity index (χ1) is 9.27. The second kappa shape index (κ2) is 8.35. The van der Waals surface area contributed by atoms with Gasteiger partial charge in [-0.3, -0.25) is 4.79 Å². The summed E-state index contributed by atoms with van der Waals surface area (Å²) in [6.07, 6.45) is 4.15. The van der Waals surface area contributed by atoms with E-state index in [1.165, 1.54) is 0 Å². The molecule has 0 aromatic heterocycles. The van der Waals surface area contributed by atoms with Crippen LogP contribution in [-0.2, 0) is 4.74 Å². The van der Waals surface area contributed by atoms with Crippen LogP contribution in [0.1, 0.15) is 42.6 Å². The minimum absolute atomic E-state index is 0.0434. The Morgan fingerprint density at radius 3 is 2.68 bits per heavy atom. The lowest BCUT2D eigenvalue weighted by Crippen LogP contribution is -2.27. The molecule has 104 valence electrons. The molecule has 1 N–H and O–H groups in total. The van der Waals surface area contributed by atoms with Gasteiger partial charge in [0.2, 0.25) is 0 Å². The third kappa shape index (κ3) is 4.78. The smallest absolute Gasteiger partial charge is 0.251 e. The molecule has 1 aromatic rings. The summed E-state index contributed by atoms with van der Waals surface area (Å²) >= 11 is 0. The molecule has 0 radical (unpaired) electrons. The Hall–Kier alpha value is -1.77. The van der Waals surface area contributed by atoms with Gasteiger partial charge < -0.3 is 10.1 Å². The number of carbonyl (C=O) groups is 1. The van der Waals surface area contributed by atoms with E-state index in [0.717, 1.165) is 36.3 Å². The molecule has 2 rings (SSSR count). The zero-order valence-electron chi connectivity index (χ0n) is 12.0. The van der Waals surface area contributed by atoms with E-state index in [1.807, 2.05) is 51.1 Å². The van der Waals surface area contributed by atoms with E-state index in [1.54, 1.807) is 0 Å².